The van der Waals surface area contributed by atoms with Gasteiger partial charge in [-0.25, -0.2) is 0 Å². The van der Waals surface area contributed by atoms with Crippen molar-refractivity contribution < 1.29 is 4.79 Å². The summed E-state index contributed by atoms with van der Waals surface area (Å²) in [4.78, 5) is 11.0. The summed E-state index contributed by atoms with van der Waals surface area (Å²) in [6.45, 7) is 3.82. The molecule has 0 radical (unpaired) electrons. The third-order valence-electron chi connectivity index (χ3n) is 3.07. The molecule has 0 fully saturated rings. The molecule has 1 rings (SSSR count). The third kappa shape index (κ3) is 4.70. The zero-order valence-electron chi connectivity index (χ0n) is 11.1. The Kier molecular flexibility index (Phi) is 5.69. The number of carbonyl (C=O) groups excluding carboxylic acids is 1. The van der Waals surface area contributed by atoms with Crippen LogP contribution in [0.1, 0.15) is 30.9 Å². The zero-order valence-corrected chi connectivity index (χ0v) is 11.9. The van der Waals surface area contributed by atoms with Gasteiger partial charge in [0.2, 0.25) is 5.91 Å². The van der Waals surface area contributed by atoms with Crippen LogP contribution in [-0.4, -0.2) is 17.2 Å². The number of carbonyl (C=O) groups is 1. The second kappa shape index (κ2) is 6.81. The minimum atomic E-state index is -0.872. The first-order chi connectivity index (χ1) is 8.43. The van der Waals surface area contributed by atoms with E-state index in [0.29, 0.717) is 6.42 Å². The fraction of sp³-hybridized carbons (Fsp3) is 0.500. The number of benzene rings is 1. The van der Waals surface area contributed by atoms with Gasteiger partial charge in [-0.2, -0.15) is 11.8 Å². The summed E-state index contributed by atoms with van der Waals surface area (Å²) in [5.41, 5.74) is 12.8. The summed E-state index contributed by atoms with van der Waals surface area (Å²) in [5.74, 6) is 1.57. The highest BCUT2D eigenvalue weighted by Gasteiger charge is 2.24. The highest BCUT2D eigenvalue weighted by Crippen LogP contribution is 2.18. The van der Waals surface area contributed by atoms with Gasteiger partial charge in [0.15, 0.2) is 0 Å². The lowest BCUT2D eigenvalue weighted by Crippen LogP contribution is -2.49. The van der Waals surface area contributed by atoms with Crippen molar-refractivity contribution in [3.63, 3.8) is 0 Å². The maximum Gasteiger partial charge on any atom is 0.237 e. The molecule has 0 heterocycles. The first-order valence-electron chi connectivity index (χ1n) is 6.14. The number of thioether (sulfide) groups is 1. The molecule has 0 saturated heterocycles. The Hall–Kier alpha value is -1.00. The van der Waals surface area contributed by atoms with E-state index in [0.717, 1.165) is 17.9 Å². The molecule has 1 aromatic carbocycles. The molecule has 0 aliphatic heterocycles. The van der Waals surface area contributed by atoms with Crippen molar-refractivity contribution in [3.8, 4) is 0 Å². The van der Waals surface area contributed by atoms with Gasteiger partial charge in [0.05, 0.1) is 5.54 Å². The third-order valence-corrected chi connectivity index (χ3v) is 4.16. The van der Waals surface area contributed by atoms with E-state index in [1.807, 2.05) is 11.8 Å². The van der Waals surface area contributed by atoms with Crippen LogP contribution in [0.5, 0.6) is 0 Å². The Morgan fingerprint density at radius 1 is 1.39 bits per heavy atom. The quantitative estimate of drug-likeness (QED) is 0.743. The normalized spacial score (nSPS) is 14.2. The van der Waals surface area contributed by atoms with Crippen molar-refractivity contribution in [1.29, 1.82) is 0 Å². The average molecular weight is 266 g/mol. The van der Waals surface area contributed by atoms with Crippen molar-refractivity contribution in [2.45, 2.75) is 38.0 Å². The fourth-order valence-corrected chi connectivity index (χ4v) is 2.66. The summed E-state index contributed by atoms with van der Waals surface area (Å²) in [5, 5.41) is 0. The first-order valence-corrected chi connectivity index (χ1v) is 7.30. The second-order valence-electron chi connectivity index (χ2n) is 4.86. The van der Waals surface area contributed by atoms with E-state index >= 15 is 0 Å². The highest BCUT2D eigenvalue weighted by atomic mass is 32.2. The van der Waals surface area contributed by atoms with Crippen LogP contribution in [0, 0.1) is 6.92 Å². The highest BCUT2D eigenvalue weighted by molar-refractivity contribution is 7.98. The van der Waals surface area contributed by atoms with Crippen LogP contribution in [0.3, 0.4) is 0 Å². The molecule has 0 spiro atoms. The van der Waals surface area contributed by atoms with Crippen molar-refractivity contribution in [2.75, 3.05) is 5.75 Å². The van der Waals surface area contributed by atoms with Gasteiger partial charge in [0.25, 0.3) is 0 Å². The molecule has 1 unspecified atom stereocenters. The summed E-state index contributed by atoms with van der Waals surface area (Å²) in [6.07, 6.45) is 1.55. The summed E-state index contributed by atoms with van der Waals surface area (Å²) in [7, 11) is 0. The number of hydrogen-bond acceptors (Lipinski definition) is 3. The van der Waals surface area contributed by atoms with Crippen molar-refractivity contribution in [2.24, 2.45) is 11.5 Å². The predicted octanol–water partition coefficient (Wildman–Crippen LogP) is 2.21. The van der Waals surface area contributed by atoms with Crippen LogP contribution in [0.15, 0.2) is 24.3 Å². The number of nitrogens with two attached hydrogens (primary N) is 2. The molecule has 4 N–H and O–H groups in total. The second-order valence-corrected chi connectivity index (χ2v) is 5.97. The van der Waals surface area contributed by atoms with E-state index in [2.05, 4.69) is 31.2 Å². The molecule has 18 heavy (non-hydrogen) atoms. The molecule has 0 aliphatic carbocycles. The molecular formula is C14H22N2OS. The van der Waals surface area contributed by atoms with Gasteiger partial charge in [-0.1, -0.05) is 24.3 Å². The van der Waals surface area contributed by atoms with Crippen molar-refractivity contribution in [3.05, 3.63) is 35.4 Å². The van der Waals surface area contributed by atoms with Crippen molar-refractivity contribution in [1.82, 2.24) is 0 Å². The fourth-order valence-electron chi connectivity index (χ4n) is 1.62. The predicted molar refractivity (Wildman–Crippen MR) is 78.4 cm³/mol. The summed E-state index contributed by atoms with van der Waals surface area (Å²) >= 11 is 1.87. The van der Waals surface area contributed by atoms with Crippen LogP contribution in [0.4, 0.5) is 0 Å². The van der Waals surface area contributed by atoms with E-state index in [9.17, 15) is 4.79 Å². The smallest absolute Gasteiger partial charge is 0.237 e. The Bertz CT molecular complexity index is 405. The summed E-state index contributed by atoms with van der Waals surface area (Å²) in [6, 6.07) is 8.39. The Morgan fingerprint density at radius 3 is 2.67 bits per heavy atom. The number of hydrogen-bond donors (Lipinski definition) is 2. The lowest BCUT2D eigenvalue weighted by atomic mass is 9.97. The molecular weight excluding hydrogens is 244 g/mol. The number of primary amides is 1. The monoisotopic (exact) mass is 266 g/mol. The molecule has 0 aliphatic rings. The van der Waals surface area contributed by atoms with E-state index in [1.54, 1.807) is 6.92 Å². The van der Waals surface area contributed by atoms with Gasteiger partial charge in [-0.15, -0.1) is 0 Å². The standard InChI is InChI=1S/C14H22N2OS/c1-11-6-3-4-7-12(11)10-18-9-5-8-14(2,16)13(15)17/h3-4,6-7H,5,8-10,16H2,1-2H3,(H2,15,17). The topological polar surface area (TPSA) is 69.1 Å². The average Bonchev–Trinajstić information content (AvgIpc) is 2.30. The van der Waals surface area contributed by atoms with E-state index in [1.165, 1.54) is 11.1 Å². The van der Waals surface area contributed by atoms with Gasteiger partial charge >= 0.3 is 0 Å². The largest absolute Gasteiger partial charge is 0.368 e. The van der Waals surface area contributed by atoms with Crippen LogP contribution in [0.2, 0.25) is 0 Å². The summed E-state index contributed by atoms with van der Waals surface area (Å²) < 4.78 is 0. The van der Waals surface area contributed by atoms with Crippen LogP contribution in [0.25, 0.3) is 0 Å². The number of amides is 1. The minimum absolute atomic E-state index is 0.425. The molecule has 1 atom stereocenters. The molecule has 0 saturated carbocycles. The van der Waals surface area contributed by atoms with Gasteiger partial charge in [-0.3, -0.25) is 4.79 Å². The SMILES string of the molecule is Cc1ccccc1CSCCCC(C)(N)C(N)=O. The van der Waals surface area contributed by atoms with Gasteiger partial charge in [-0.05, 0) is 43.6 Å². The maximum absolute atomic E-state index is 11.0. The molecule has 0 bridgehead atoms. The minimum Gasteiger partial charge on any atom is -0.368 e. The molecule has 4 heteroatoms. The van der Waals surface area contributed by atoms with Crippen LogP contribution < -0.4 is 11.5 Å². The van der Waals surface area contributed by atoms with E-state index in [4.69, 9.17) is 11.5 Å². The molecule has 100 valence electrons. The Balaban J connectivity index is 2.24. The molecule has 3 nitrogen and oxygen atoms in total. The number of aryl methyl sites for hydroxylation is 1. The Labute approximate surface area is 113 Å². The van der Waals surface area contributed by atoms with E-state index < -0.39 is 11.4 Å². The molecule has 1 aromatic rings. The van der Waals surface area contributed by atoms with Crippen molar-refractivity contribution >= 4 is 17.7 Å². The van der Waals surface area contributed by atoms with Crippen LogP contribution in [-0.2, 0) is 10.5 Å². The Morgan fingerprint density at radius 2 is 2.06 bits per heavy atom. The number of rotatable bonds is 7. The van der Waals surface area contributed by atoms with E-state index in [-0.39, 0.29) is 0 Å². The van der Waals surface area contributed by atoms with Crippen LogP contribution >= 0.6 is 11.8 Å². The van der Waals surface area contributed by atoms with Gasteiger partial charge in [0, 0.05) is 5.75 Å². The van der Waals surface area contributed by atoms with Gasteiger partial charge in [0.1, 0.15) is 0 Å². The lowest BCUT2D eigenvalue weighted by molar-refractivity contribution is -0.122. The lowest BCUT2D eigenvalue weighted by Gasteiger charge is -2.19. The van der Waals surface area contributed by atoms with Gasteiger partial charge < -0.3 is 11.5 Å². The maximum atomic E-state index is 11.0. The first kappa shape index (κ1) is 15.1. The zero-order chi connectivity index (χ0) is 13.6. The molecule has 1 amide bonds. The molecule has 0 aromatic heterocycles.